The molecule has 2 aliphatic rings. The highest BCUT2D eigenvalue weighted by Gasteiger charge is 2.34. The van der Waals surface area contributed by atoms with Gasteiger partial charge in [0.2, 0.25) is 0 Å². The lowest BCUT2D eigenvalue weighted by Gasteiger charge is -2.20. The molecule has 2 amide bonds. The minimum atomic E-state index is -0.241. The lowest BCUT2D eigenvalue weighted by molar-refractivity contribution is -0.123. The molecule has 0 atom stereocenters. The highest BCUT2D eigenvalue weighted by molar-refractivity contribution is 8.18. The first-order valence-electron chi connectivity index (χ1n) is 9.20. The van der Waals surface area contributed by atoms with Crippen LogP contribution < -0.4 is 4.90 Å². The summed E-state index contributed by atoms with van der Waals surface area (Å²) in [7, 11) is 1.56. The molecule has 140 valence electrons. The normalized spacial score (nSPS) is 19.1. The monoisotopic (exact) mass is 382 g/mol. The Morgan fingerprint density at radius 1 is 1.07 bits per heavy atom. The van der Waals surface area contributed by atoms with E-state index in [4.69, 9.17) is 4.74 Å². The summed E-state index contributed by atoms with van der Waals surface area (Å²) in [5.74, 6) is -0.241. The summed E-state index contributed by atoms with van der Waals surface area (Å²) < 4.78 is 4.99. The van der Waals surface area contributed by atoms with Gasteiger partial charge in [-0.3, -0.25) is 14.5 Å². The number of ether oxygens (including phenoxy) is 1. The molecule has 6 heteroatoms. The summed E-state index contributed by atoms with van der Waals surface area (Å²) in [5.41, 5.74) is 2.21. The Bertz CT molecular complexity index is 919. The van der Waals surface area contributed by atoms with E-state index in [0.717, 1.165) is 35.8 Å². The van der Waals surface area contributed by atoms with Crippen LogP contribution >= 0.6 is 11.8 Å². The van der Waals surface area contributed by atoms with Gasteiger partial charge in [0, 0.05) is 31.3 Å². The third-order valence-electron chi connectivity index (χ3n) is 5.06. The molecule has 0 radical (unpaired) electrons. The first kappa shape index (κ1) is 18.1. The standard InChI is InChI=1S/C21H22N2O3S/c1-26-13-12-23-20(24)19(27-21(23)25)14-15-8-9-18(22-10-4-5-11-22)17-7-3-2-6-16(15)17/h2-3,6-9,14H,4-5,10-13H2,1H3/b19-14+. The van der Waals surface area contributed by atoms with Crippen LogP contribution in [0.15, 0.2) is 41.3 Å². The number of anilines is 1. The Morgan fingerprint density at radius 2 is 1.81 bits per heavy atom. The molecule has 0 unspecified atom stereocenters. The summed E-state index contributed by atoms with van der Waals surface area (Å²) >= 11 is 0.998. The molecule has 0 bridgehead atoms. The molecule has 5 nitrogen and oxygen atoms in total. The summed E-state index contributed by atoms with van der Waals surface area (Å²) in [6.45, 7) is 2.80. The SMILES string of the molecule is COCCN1C(=O)S/C(=C/c2ccc(N3CCCC3)c3ccccc23)C1=O. The topological polar surface area (TPSA) is 49.9 Å². The van der Waals surface area contributed by atoms with E-state index in [2.05, 4.69) is 29.2 Å². The lowest BCUT2D eigenvalue weighted by Crippen LogP contribution is -2.31. The maximum Gasteiger partial charge on any atom is 0.293 e. The van der Waals surface area contributed by atoms with Gasteiger partial charge in [-0.1, -0.05) is 30.3 Å². The Labute approximate surface area is 163 Å². The number of benzene rings is 2. The Morgan fingerprint density at radius 3 is 2.56 bits per heavy atom. The number of hydrogen-bond acceptors (Lipinski definition) is 5. The molecule has 0 N–H and O–H groups in total. The Kier molecular flexibility index (Phi) is 5.18. The molecular weight excluding hydrogens is 360 g/mol. The first-order chi connectivity index (χ1) is 13.2. The van der Waals surface area contributed by atoms with Crippen LogP contribution in [0.4, 0.5) is 10.5 Å². The van der Waals surface area contributed by atoms with Crippen LogP contribution in [0.1, 0.15) is 18.4 Å². The van der Waals surface area contributed by atoms with Gasteiger partial charge >= 0.3 is 0 Å². The van der Waals surface area contributed by atoms with Crippen LogP contribution in [-0.2, 0) is 9.53 Å². The van der Waals surface area contributed by atoms with Crippen molar-refractivity contribution in [3.05, 3.63) is 46.9 Å². The van der Waals surface area contributed by atoms with Gasteiger partial charge in [0.25, 0.3) is 11.1 Å². The van der Waals surface area contributed by atoms with Gasteiger partial charge in [-0.05, 0) is 47.7 Å². The molecule has 2 saturated heterocycles. The van der Waals surface area contributed by atoms with E-state index in [1.807, 2.05) is 18.2 Å². The van der Waals surface area contributed by atoms with Crippen LogP contribution in [-0.4, -0.2) is 49.4 Å². The second-order valence-electron chi connectivity index (χ2n) is 6.74. The van der Waals surface area contributed by atoms with E-state index in [9.17, 15) is 9.59 Å². The summed E-state index contributed by atoms with van der Waals surface area (Å²) in [6, 6.07) is 12.5. The van der Waals surface area contributed by atoms with Gasteiger partial charge in [-0.15, -0.1) is 0 Å². The van der Waals surface area contributed by atoms with Gasteiger partial charge in [-0.25, -0.2) is 0 Å². The zero-order valence-corrected chi connectivity index (χ0v) is 16.1. The first-order valence-corrected chi connectivity index (χ1v) is 10.0. The highest BCUT2D eigenvalue weighted by atomic mass is 32.2. The second kappa shape index (κ2) is 7.74. The number of amides is 2. The fourth-order valence-electron chi connectivity index (χ4n) is 3.68. The average molecular weight is 382 g/mol. The predicted molar refractivity (Wildman–Crippen MR) is 110 cm³/mol. The van der Waals surface area contributed by atoms with E-state index >= 15 is 0 Å². The summed E-state index contributed by atoms with van der Waals surface area (Å²) in [5, 5.41) is 2.05. The van der Waals surface area contributed by atoms with E-state index in [-0.39, 0.29) is 17.7 Å². The van der Waals surface area contributed by atoms with Crippen molar-refractivity contribution >= 4 is 45.4 Å². The fourth-order valence-corrected chi connectivity index (χ4v) is 4.54. The van der Waals surface area contributed by atoms with Gasteiger partial charge in [-0.2, -0.15) is 0 Å². The third-order valence-corrected chi connectivity index (χ3v) is 5.97. The number of carbonyl (C=O) groups is 2. The zero-order chi connectivity index (χ0) is 18.8. The van der Waals surface area contributed by atoms with Crippen molar-refractivity contribution in [3.63, 3.8) is 0 Å². The highest BCUT2D eigenvalue weighted by Crippen LogP contribution is 2.36. The quantitative estimate of drug-likeness (QED) is 0.728. The van der Waals surface area contributed by atoms with Crippen molar-refractivity contribution in [1.82, 2.24) is 4.90 Å². The van der Waals surface area contributed by atoms with Crippen molar-refractivity contribution in [2.24, 2.45) is 0 Å². The van der Waals surface area contributed by atoms with E-state index < -0.39 is 0 Å². The van der Waals surface area contributed by atoms with Crippen molar-refractivity contribution < 1.29 is 14.3 Å². The molecule has 27 heavy (non-hydrogen) atoms. The second-order valence-corrected chi connectivity index (χ2v) is 7.73. The van der Waals surface area contributed by atoms with Crippen molar-refractivity contribution in [2.45, 2.75) is 12.8 Å². The molecule has 2 aromatic rings. The molecule has 4 rings (SSSR count). The van der Waals surface area contributed by atoms with Crippen LogP contribution in [0.25, 0.3) is 16.8 Å². The maximum absolute atomic E-state index is 12.6. The number of thioether (sulfide) groups is 1. The Balaban J connectivity index is 1.70. The number of hydrogen-bond donors (Lipinski definition) is 0. The average Bonchev–Trinajstić information content (AvgIpc) is 3.30. The van der Waals surface area contributed by atoms with Crippen molar-refractivity contribution in [2.75, 3.05) is 38.3 Å². The molecular formula is C21H22N2O3S. The number of carbonyl (C=O) groups excluding carboxylic acids is 2. The summed E-state index contributed by atoms with van der Waals surface area (Å²) in [4.78, 5) is 28.9. The van der Waals surface area contributed by atoms with E-state index in [1.165, 1.54) is 28.8 Å². The minimum absolute atomic E-state index is 0.235. The molecule has 2 heterocycles. The van der Waals surface area contributed by atoms with Crippen LogP contribution in [0.5, 0.6) is 0 Å². The molecule has 2 fully saturated rings. The molecule has 0 spiro atoms. The maximum atomic E-state index is 12.6. The molecule has 0 aromatic heterocycles. The zero-order valence-electron chi connectivity index (χ0n) is 15.3. The molecule has 0 aliphatic carbocycles. The smallest absolute Gasteiger partial charge is 0.293 e. The lowest BCUT2D eigenvalue weighted by atomic mass is 10.0. The van der Waals surface area contributed by atoms with E-state index in [1.54, 1.807) is 7.11 Å². The van der Waals surface area contributed by atoms with Gasteiger partial charge < -0.3 is 9.64 Å². The minimum Gasteiger partial charge on any atom is -0.383 e. The molecule has 2 aromatic carbocycles. The van der Waals surface area contributed by atoms with Crippen LogP contribution in [0, 0.1) is 0 Å². The van der Waals surface area contributed by atoms with Crippen molar-refractivity contribution in [1.29, 1.82) is 0 Å². The van der Waals surface area contributed by atoms with Crippen LogP contribution in [0.3, 0.4) is 0 Å². The number of methoxy groups -OCH3 is 1. The van der Waals surface area contributed by atoms with Gasteiger partial charge in [0.1, 0.15) is 0 Å². The molecule has 0 saturated carbocycles. The molecule has 2 aliphatic heterocycles. The predicted octanol–water partition coefficient (Wildman–Crippen LogP) is 4.12. The fraction of sp³-hybridized carbons (Fsp3) is 0.333. The van der Waals surface area contributed by atoms with E-state index in [0.29, 0.717) is 11.5 Å². The van der Waals surface area contributed by atoms with Gasteiger partial charge in [0.15, 0.2) is 0 Å². The summed E-state index contributed by atoms with van der Waals surface area (Å²) in [6.07, 6.45) is 4.29. The van der Waals surface area contributed by atoms with Crippen LogP contribution in [0.2, 0.25) is 0 Å². The number of rotatable bonds is 5. The Hall–Kier alpha value is -2.31. The number of nitrogens with zero attached hydrogens (tertiary/aromatic N) is 2. The number of imide groups is 1. The van der Waals surface area contributed by atoms with Crippen molar-refractivity contribution in [3.8, 4) is 0 Å². The largest absolute Gasteiger partial charge is 0.383 e. The third kappa shape index (κ3) is 3.47. The number of fused-ring (bicyclic) bond motifs is 1. The van der Waals surface area contributed by atoms with Gasteiger partial charge in [0.05, 0.1) is 18.1 Å².